The smallest absolute Gasteiger partial charge is 0.0802 e. The molecule has 2 atom stereocenters. The molecule has 1 aromatic carbocycles. The molecule has 0 heterocycles. The highest BCUT2D eigenvalue weighted by Crippen LogP contribution is 2.20. The first kappa shape index (κ1) is 17.2. The summed E-state index contributed by atoms with van der Waals surface area (Å²) in [6, 6.07) is 6.35. The molecule has 0 amide bonds. The van der Waals surface area contributed by atoms with E-state index in [1.54, 1.807) is 0 Å². The number of aryl methyl sites for hydroxylation is 2. The highest BCUT2D eigenvalue weighted by atomic mass is 16.3. The lowest BCUT2D eigenvalue weighted by Gasteiger charge is -2.25. The summed E-state index contributed by atoms with van der Waals surface area (Å²) < 4.78 is 0. The summed E-state index contributed by atoms with van der Waals surface area (Å²) >= 11 is 0. The van der Waals surface area contributed by atoms with Crippen LogP contribution in [0.1, 0.15) is 56.4 Å². The van der Waals surface area contributed by atoms with Crippen LogP contribution in [-0.4, -0.2) is 29.6 Å². The van der Waals surface area contributed by atoms with Crippen molar-refractivity contribution >= 4 is 0 Å². The van der Waals surface area contributed by atoms with Gasteiger partial charge in [0.2, 0.25) is 0 Å². The van der Waals surface area contributed by atoms with Gasteiger partial charge in [0.15, 0.2) is 0 Å². The summed E-state index contributed by atoms with van der Waals surface area (Å²) in [6.45, 7) is 14.1. The topological polar surface area (TPSA) is 23.5 Å². The largest absolute Gasteiger partial charge is 0.388 e. The summed E-state index contributed by atoms with van der Waals surface area (Å²) in [4.78, 5) is 2.44. The Morgan fingerprint density at radius 1 is 1.10 bits per heavy atom. The van der Waals surface area contributed by atoms with Crippen molar-refractivity contribution < 1.29 is 5.11 Å². The van der Waals surface area contributed by atoms with Crippen LogP contribution in [0.25, 0.3) is 0 Å². The molecule has 0 aromatic heterocycles. The summed E-state index contributed by atoms with van der Waals surface area (Å²) in [5.74, 6) is 0.730. The van der Waals surface area contributed by atoms with Crippen LogP contribution in [-0.2, 0) is 0 Å². The minimum atomic E-state index is -0.348. The first-order valence-electron chi connectivity index (χ1n) is 7.94. The van der Waals surface area contributed by atoms with Crippen molar-refractivity contribution in [1.29, 1.82) is 0 Å². The Hall–Kier alpha value is -0.860. The van der Waals surface area contributed by atoms with Crippen molar-refractivity contribution in [3.8, 4) is 0 Å². The molecule has 0 saturated heterocycles. The van der Waals surface area contributed by atoms with Crippen molar-refractivity contribution in [1.82, 2.24) is 4.90 Å². The van der Waals surface area contributed by atoms with Gasteiger partial charge in [-0.1, -0.05) is 56.5 Å². The fourth-order valence-corrected chi connectivity index (χ4v) is 2.62. The second kappa shape index (κ2) is 8.43. The first-order chi connectivity index (χ1) is 9.46. The van der Waals surface area contributed by atoms with E-state index in [9.17, 15) is 5.11 Å². The van der Waals surface area contributed by atoms with E-state index in [1.807, 2.05) is 0 Å². The lowest BCUT2D eigenvalue weighted by atomic mass is 10.0. The minimum Gasteiger partial charge on any atom is -0.388 e. The quantitative estimate of drug-likeness (QED) is 0.773. The lowest BCUT2D eigenvalue weighted by Crippen LogP contribution is -2.30. The molecule has 20 heavy (non-hydrogen) atoms. The van der Waals surface area contributed by atoms with Gasteiger partial charge in [-0.25, -0.2) is 0 Å². The lowest BCUT2D eigenvalue weighted by molar-refractivity contribution is 0.138. The van der Waals surface area contributed by atoms with Crippen molar-refractivity contribution in [2.75, 3.05) is 19.6 Å². The third kappa shape index (κ3) is 5.64. The molecule has 1 rings (SSSR count). The van der Waals surface area contributed by atoms with Crippen molar-refractivity contribution in [3.05, 3.63) is 34.9 Å². The van der Waals surface area contributed by atoms with Crippen LogP contribution in [0.15, 0.2) is 18.2 Å². The Morgan fingerprint density at radius 2 is 1.70 bits per heavy atom. The van der Waals surface area contributed by atoms with E-state index in [4.69, 9.17) is 0 Å². The van der Waals surface area contributed by atoms with Crippen molar-refractivity contribution in [2.24, 2.45) is 5.92 Å². The fourth-order valence-electron chi connectivity index (χ4n) is 2.62. The Kier molecular flexibility index (Phi) is 7.25. The molecule has 2 heteroatoms. The standard InChI is InChI=1S/C18H31NO/c1-6-14(3)13-19(7-2)9-8-18(20)17-11-15(4)10-16(5)12-17/h10-12,14,18,20H,6-9,13H2,1-5H3. The molecule has 0 aliphatic rings. The highest BCUT2D eigenvalue weighted by molar-refractivity contribution is 5.29. The maximum atomic E-state index is 10.4. The van der Waals surface area contributed by atoms with Crippen LogP contribution in [0.4, 0.5) is 0 Å². The highest BCUT2D eigenvalue weighted by Gasteiger charge is 2.12. The molecule has 0 aliphatic carbocycles. The van der Waals surface area contributed by atoms with E-state index in [2.05, 4.69) is 57.7 Å². The van der Waals surface area contributed by atoms with E-state index in [0.717, 1.165) is 37.5 Å². The van der Waals surface area contributed by atoms with Crippen molar-refractivity contribution in [3.63, 3.8) is 0 Å². The summed E-state index contributed by atoms with van der Waals surface area (Å²) in [5, 5.41) is 10.4. The zero-order valence-electron chi connectivity index (χ0n) is 13.8. The Morgan fingerprint density at radius 3 is 2.20 bits per heavy atom. The monoisotopic (exact) mass is 277 g/mol. The van der Waals surface area contributed by atoms with E-state index in [1.165, 1.54) is 17.5 Å². The Balaban J connectivity index is 2.54. The molecule has 0 bridgehead atoms. The second-order valence-electron chi connectivity index (χ2n) is 6.13. The molecule has 1 N–H and O–H groups in total. The molecule has 2 unspecified atom stereocenters. The maximum absolute atomic E-state index is 10.4. The summed E-state index contributed by atoms with van der Waals surface area (Å²) in [6.07, 6.45) is 1.68. The van der Waals surface area contributed by atoms with Gasteiger partial charge < -0.3 is 10.0 Å². The number of hydrogen-bond acceptors (Lipinski definition) is 2. The number of aliphatic hydroxyl groups excluding tert-OH is 1. The Bertz CT molecular complexity index is 382. The van der Waals surface area contributed by atoms with E-state index in [-0.39, 0.29) is 6.10 Å². The van der Waals surface area contributed by atoms with E-state index < -0.39 is 0 Å². The van der Waals surface area contributed by atoms with Gasteiger partial charge in [0.05, 0.1) is 6.10 Å². The predicted octanol–water partition coefficient (Wildman–Crippen LogP) is 4.09. The van der Waals surface area contributed by atoms with Gasteiger partial charge in [0.1, 0.15) is 0 Å². The summed E-state index contributed by atoms with van der Waals surface area (Å²) in [7, 11) is 0. The van der Waals surface area contributed by atoms with Crippen LogP contribution in [0.5, 0.6) is 0 Å². The first-order valence-corrected chi connectivity index (χ1v) is 7.94. The normalized spacial score (nSPS) is 14.6. The number of nitrogens with zero attached hydrogens (tertiary/aromatic N) is 1. The summed E-state index contributed by atoms with van der Waals surface area (Å²) in [5.41, 5.74) is 3.51. The number of aliphatic hydroxyl groups is 1. The molecule has 0 fully saturated rings. The average molecular weight is 277 g/mol. The zero-order chi connectivity index (χ0) is 15.1. The van der Waals surface area contributed by atoms with E-state index >= 15 is 0 Å². The van der Waals surface area contributed by atoms with Crippen LogP contribution in [0.2, 0.25) is 0 Å². The van der Waals surface area contributed by atoms with Crippen LogP contribution >= 0.6 is 0 Å². The SMILES string of the molecule is CCC(C)CN(CC)CCC(O)c1cc(C)cc(C)c1. The molecule has 2 nitrogen and oxygen atoms in total. The van der Waals surface area contributed by atoms with Gasteiger partial charge in [-0.05, 0) is 38.3 Å². The third-order valence-corrected chi connectivity index (χ3v) is 4.06. The van der Waals surface area contributed by atoms with Crippen molar-refractivity contribution in [2.45, 2.75) is 53.6 Å². The maximum Gasteiger partial charge on any atom is 0.0802 e. The number of hydrogen-bond donors (Lipinski definition) is 1. The molecular weight excluding hydrogens is 246 g/mol. The fraction of sp³-hybridized carbons (Fsp3) is 0.667. The predicted molar refractivity (Wildman–Crippen MR) is 87.1 cm³/mol. The Labute approximate surface area is 124 Å². The van der Waals surface area contributed by atoms with Gasteiger partial charge in [-0.15, -0.1) is 0 Å². The van der Waals surface area contributed by atoms with E-state index in [0.29, 0.717) is 0 Å². The van der Waals surface area contributed by atoms with Crippen LogP contribution in [0, 0.1) is 19.8 Å². The third-order valence-electron chi connectivity index (χ3n) is 4.06. The molecule has 0 radical (unpaired) electrons. The van der Waals surface area contributed by atoms with Gasteiger partial charge in [0.25, 0.3) is 0 Å². The molecule has 0 spiro atoms. The average Bonchev–Trinajstić information content (AvgIpc) is 2.41. The molecule has 0 aliphatic heterocycles. The molecule has 0 saturated carbocycles. The van der Waals surface area contributed by atoms with Crippen LogP contribution in [0.3, 0.4) is 0 Å². The van der Waals surface area contributed by atoms with Crippen LogP contribution < -0.4 is 0 Å². The second-order valence-corrected chi connectivity index (χ2v) is 6.13. The number of benzene rings is 1. The minimum absolute atomic E-state index is 0.348. The van der Waals surface area contributed by atoms with Gasteiger partial charge in [-0.3, -0.25) is 0 Å². The molecule has 1 aromatic rings. The van der Waals surface area contributed by atoms with Gasteiger partial charge >= 0.3 is 0 Å². The van der Waals surface area contributed by atoms with Gasteiger partial charge in [0, 0.05) is 13.1 Å². The molecular formula is C18H31NO. The zero-order valence-corrected chi connectivity index (χ0v) is 13.8. The molecule has 114 valence electrons. The van der Waals surface area contributed by atoms with Gasteiger partial charge in [-0.2, -0.15) is 0 Å². The number of rotatable bonds is 8.